The maximum Gasteiger partial charge on any atom is 0.416 e. The number of carboxylic acid groups (broad SMARTS) is 1. The number of piperidine rings is 1. The third-order valence-electron chi connectivity index (χ3n) is 7.35. The zero-order valence-electron chi connectivity index (χ0n) is 21.0. The van der Waals surface area contributed by atoms with Gasteiger partial charge in [0.05, 0.1) is 17.7 Å². The van der Waals surface area contributed by atoms with Gasteiger partial charge in [-0.3, -0.25) is 9.80 Å². The Labute approximate surface area is 227 Å². The lowest BCUT2D eigenvalue weighted by molar-refractivity contribution is -0.138. The second-order valence-corrected chi connectivity index (χ2v) is 10.3. The number of aromatic nitrogens is 1. The molecule has 2 aliphatic heterocycles. The number of alkyl halides is 3. The molecule has 11 heteroatoms. The highest BCUT2D eigenvalue weighted by Crippen LogP contribution is 2.39. The zero-order valence-corrected chi connectivity index (χ0v) is 21.7. The quantitative estimate of drug-likeness (QED) is 0.363. The van der Waals surface area contributed by atoms with Crippen LogP contribution in [0.1, 0.15) is 39.9 Å². The molecule has 2 saturated heterocycles. The average Bonchev–Trinajstić information content (AvgIpc) is 3.21. The minimum atomic E-state index is -4.48. The normalized spacial score (nSPS) is 17.5. The molecule has 2 aliphatic rings. The van der Waals surface area contributed by atoms with Crippen molar-refractivity contribution in [3.05, 3.63) is 82.1 Å². The molecular weight excluding hydrogens is 535 g/mol. The molecule has 39 heavy (non-hydrogen) atoms. The number of amides is 1. The SMILES string of the molecule is Cc1cc(-c2ccc(Cl)nc2)c(CN2CCC3(CC2)CN(c2ccc(C(=O)O)cc2)C(=O)O3)cc1C(F)(F)F. The number of pyridine rings is 1. The Balaban J connectivity index is 1.33. The van der Waals surface area contributed by atoms with Crippen LogP contribution in [0.5, 0.6) is 0 Å². The molecule has 1 amide bonds. The van der Waals surface area contributed by atoms with E-state index in [-0.39, 0.29) is 17.7 Å². The first-order valence-electron chi connectivity index (χ1n) is 12.3. The Morgan fingerprint density at radius 1 is 1.13 bits per heavy atom. The summed E-state index contributed by atoms with van der Waals surface area (Å²) < 4.78 is 47.0. The van der Waals surface area contributed by atoms with Crippen molar-refractivity contribution >= 4 is 29.4 Å². The molecule has 2 fully saturated rings. The number of hydrogen-bond donors (Lipinski definition) is 1. The van der Waals surface area contributed by atoms with Gasteiger partial charge < -0.3 is 9.84 Å². The molecule has 0 saturated carbocycles. The van der Waals surface area contributed by atoms with E-state index in [2.05, 4.69) is 9.88 Å². The van der Waals surface area contributed by atoms with Gasteiger partial charge in [-0.05, 0) is 66.1 Å². The molecule has 2 aromatic carbocycles. The molecule has 3 heterocycles. The highest BCUT2D eigenvalue weighted by atomic mass is 35.5. The first-order chi connectivity index (χ1) is 18.4. The van der Waals surface area contributed by atoms with Crippen LogP contribution in [0.3, 0.4) is 0 Å². The minimum Gasteiger partial charge on any atom is -0.478 e. The maximum atomic E-state index is 13.7. The molecule has 0 radical (unpaired) electrons. The van der Waals surface area contributed by atoms with Crippen molar-refractivity contribution in [3.8, 4) is 11.1 Å². The van der Waals surface area contributed by atoms with Gasteiger partial charge in [0.25, 0.3) is 0 Å². The molecule has 0 bridgehead atoms. The molecule has 1 aromatic heterocycles. The Hall–Kier alpha value is -3.63. The summed E-state index contributed by atoms with van der Waals surface area (Å²) in [6.07, 6.45) is -2.41. The number of nitrogens with zero attached hydrogens (tertiary/aromatic N) is 3. The van der Waals surface area contributed by atoms with Gasteiger partial charge in [0, 0.05) is 49.9 Å². The first-order valence-corrected chi connectivity index (χ1v) is 12.7. The number of ether oxygens (including phenoxy) is 1. The van der Waals surface area contributed by atoms with Gasteiger partial charge in [-0.2, -0.15) is 13.2 Å². The number of aromatic carboxylic acids is 1. The standard InChI is InChI=1S/C28H25ClF3N3O4/c1-17-12-22(19-4-7-24(29)33-14-19)20(13-23(17)28(30,31)32)15-34-10-8-27(9-11-34)16-35(26(38)39-27)21-5-2-18(3-6-21)25(36)37/h2-7,12-14H,8-11,15-16H2,1H3,(H,36,37). The molecule has 3 aromatic rings. The van der Waals surface area contributed by atoms with Crippen LogP contribution in [0.2, 0.25) is 5.15 Å². The summed E-state index contributed by atoms with van der Waals surface area (Å²) in [5, 5.41) is 9.40. The van der Waals surface area contributed by atoms with Crippen LogP contribution in [0.4, 0.5) is 23.7 Å². The van der Waals surface area contributed by atoms with Crippen LogP contribution in [0.25, 0.3) is 11.1 Å². The van der Waals surface area contributed by atoms with Gasteiger partial charge in [0.2, 0.25) is 0 Å². The summed E-state index contributed by atoms with van der Waals surface area (Å²) in [7, 11) is 0. The summed E-state index contributed by atoms with van der Waals surface area (Å²) >= 11 is 5.92. The lowest BCUT2D eigenvalue weighted by Gasteiger charge is -2.37. The predicted molar refractivity (Wildman–Crippen MR) is 139 cm³/mol. The van der Waals surface area contributed by atoms with E-state index in [9.17, 15) is 22.8 Å². The number of carboxylic acids is 1. The molecular formula is C28H25ClF3N3O4. The first kappa shape index (κ1) is 27.0. The summed E-state index contributed by atoms with van der Waals surface area (Å²) in [5.74, 6) is -1.05. The van der Waals surface area contributed by atoms with E-state index in [1.165, 1.54) is 30.0 Å². The van der Waals surface area contributed by atoms with Gasteiger partial charge in [-0.25, -0.2) is 14.6 Å². The molecule has 5 rings (SSSR count). The number of carbonyl (C=O) groups is 2. The van der Waals surface area contributed by atoms with Crippen LogP contribution < -0.4 is 4.90 Å². The van der Waals surface area contributed by atoms with Gasteiger partial charge in [-0.1, -0.05) is 17.7 Å². The number of carbonyl (C=O) groups excluding carboxylic acids is 1. The van der Waals surface area contributed by atoms with E-state index in [1.54, 1.807) is 36.5 Å². The van der Waals surface area contributed by atoms with Crippen molar-refractivity contribution in [3.63, 3.8) is 0 Å². The second kappa shape index (κ2) is 10.2. The van der Waals surface area contributed by atoms with Crippen LogP contribution >= 0.6 is 11.6 Å². The lowest BCUT2D eigenvalue weighted by atomic mass is 9.90. The van der Waals surface area contributed by atoms with Crippen molar-refractivity contribution in [2.75, 3.05) is 24.5 Å². The Morgan fingerprint density at radius 2 is 1.82 bits per heavy atom. The fourth-order valence-electron chi connectivity index (χ4n) is 5.22. The van der Waals surface area contributed by atoms with E-state index in [4.69, 9.17) is 21.4 Å². The number of halogens is 4. The van der Waals surface area contributed by atoms with E-state index in [1.807, 2.05) is 0 Å². The lowest BCUT2D eigenvalue weighted by Crippen LogP contribution is -2.46. The van der Waals surface area contributed by atoms with E-state index >= 15 is 0 Å². The smallest absolute Gasteiger partial charge is 0.416 e. The zero-order chi connectivity index (χ0) is 27.9. The van der Waals surface area contributed by atoms with Crippen molar-refractivity contribution in [2.45, 2.75) is 38.1 Å². The Morgan fingerprint density at radius 3 is 2.41 bits per heavy atom. The number of benzene rings is 2. The van der Waals surface area contributed by atoms with E-state index < -0.39 is 29.4 Å². The van der Waals surface area contributed by atoms with Gasteiger partial charge in [0.15, 0.2) is 0 Å². The van der Waals surface area contributed by atoms with Crippen molar-refractivity contribution in [1.82, 2.24) is 9.88 Å². The average molecular weight is 560 g/mol. The summed E-state index contributed by atoms with van der Waals surface area (Å²) in [6, 6.07) is 12.1. The number of aryl methyl sites for hydroxylation is 1. The van der Waals surface area contributed by atoms with Crippen molar-refractivity contribution in [2.24, 2.45) is 0 Å². The van der Waals surface area contributed by atoms with Gasteiger partial charge in [0.1, 0.15) is 10.8 Å². The summed E-state index contributed by atoms with van der Waals surface area (Å²) in [6.45, 7) is 3.08. The third kappa shape index (κ3) is 5.58. The van der Waals surface area contributed by atoms with Crippen molar-refractivity contribution in [1.29, 1.82) is 0 Å². The topological polar surface area (TPSA) is 83.0 Å². The molecule has 204 valence electrons. The number of rotatable bonds is 5. The van der Waals surface area contributed by atoms with E-state index in [0.29, 0.717) is 60.0 Å². The van der Waals surface area contributed by atoms with Crippen LogP contribution in [0, 0.1) is 6.92 Å². The summed E-state index contributed by atoms with van der Waals surface area (Å²) in [5.41, 5.74) is 1.26. The van der Waals surface area contributed by atoms with Crippen LogP contribution in [-0.2, 0) is 17.5 Å². The molecule has 1 N–H and O–H groups in total. The predicted octanol–water partition coefficient (Wildman–Crippen LogP) is 6.42. The number of likely N-dealkylation sites (tertiary alicyclic amines) is 1. The Kier molecular flexibility index (Phi) is 7.02. The number of anilines is 1. The monoisotopic (exact) mass is 559 g/mol. The van der Waals surface area contributed by atoms with Crippen molar-refractivity contribution < 1.29 is 32.6 Å². The highest BCUT2D eigenvalue weighted by molar-refractivity contribution is 6.29. The molecule has 0 aliphatic carbocycles. The second-order valence-electron chi connectivity index (χ2n) is 9.96. The van der Waals surface area contributed by atoms with E-state index in [0.717, 1.165) is 0 Å². The maximum absolute atomic E-state index is 13.7. The van der Waals surface area contributed by atoms with Crippen LogP contribution in [-0.4, -0.2) is 52.3 Å². The van der Waals surface area contributed by atoms with Crippen LogP contribution in [0.15, 0.2) is 54.7 Å². The molecule has 7 nitrogen and oxygen atoms in total. The van der Waals surface area contributed by atoms with Gasteiger partial charge in [-0.15, -0.1) is 0 Å². The summed E-state index contributed by atoms with van der Waals surface area (Å²) in [4.78, 5) is 31.4. The fourth-order valence-corrected chi connectivity index (χ4v) is 5.33. The largest absolute Gasteiger partial charge is 0.478 e. The molecule has 0 unspecified atom stereocenters. The molecule has 1 spiro atoms. The Bertz CT molecular complexity index is 1400. The minimum absolute atomic E-state index is 0.118. The highest BCUT2D eigenvalue weighted by Gasteiger charge is 2.47. The third-order valence-corrected chi connectivity index (χ3v) is 7.58. The van der Waals surface area contributed by atoms with Gasteiger partial charge >= 0.3 is 18.2 Å². The number of hydrogen-bond acceptors (Lipinski definition) is 5. The fraction of sp³-hybridized carbons (Fsp3) is 0.321. The molecule has 0 atom stereocenters.